The Kier molecular flexibility index (Phi) is 7.34. The second-order valence-corrected chi connectivity index (χ2v) is 9.50. The first-order valence-corrected chi connectivity index (χ1v) is 12.3. The van der Waals surface area contributed by atoms with Crippen molar-refractivity contribution in [2.24, 2.45) is 0 Å². The van der Waals surface area contributed by atoms with Crippen molar-refractivity contribution in [2.75, 3.05) is 6.61 Å². The molecule has 0 N–H and O–H groups in total. The van der Waals surface area contributed by atoms with Gasteiger partial charge in [0.2, 0.25) is 0 Å². The van der Waals surface area contributed by atoms with Gasteiger partial charge in [-0.2, -0.15) is 0 Å². The fraction of sp³-hybridized carbons (Fsp3) is 0.444. The van der Waals surface area contributed by atoms with Crippen LogP contribution in [-0.2, 0) is 35.1 Å². The van der Waals surface area contributed by atoms with E-state index in [-0.39, 0.29) is 18.8 Å². The van der Waals surface area contributed by atoms with E-state index in [0.29, 0.717) is 17.9 Å². The largest absolute Gasteiger partial charge is 0.466 e. The van der Waals surface area contributed by atoms with Crippen LogP contribution in [0.1, 0.15) is 38.8 Å². The molecule has 5 atom stereocenters. The highest BCUT2D eigenvalue weighted by Gasteiger charge is 2.57. The Morgan fingerprint density at radius 1 is 1.14 bits per heavy atom. The van der Waals surface area contributed by atoms with Gasteiger partial charge in [0.05, 0.1) is 31.9 Å². The summed E-state index contributed by atoms with van der Waals surface area (Å²) in [6.07, 6.45) is -0.723. The first kappa shape index (κ1) is 25.5. The minimum absolute atomic E-state index is 0.0290. The van der Waals surface area contributed by atoms with Gasteiger partial charge in [-0.25, -0.2) is 9.07 Å². The molecule has 3 heterocycles. The van der Waals surface area contributed by atoms with Gasteiger partial charge in [-0.1, -0.05) is 35.5 Å². The van der Waals surface area contributed by atoms with Gasteiger partial charge in [0.15, 0.2) is 12.1 Å². The Balaban J connectivity index is 1.45. The van der Waals surface area contributed by atoms with E-state index in [1.165, 1.54) is 12.1 Å². The van der Waals surface area contributed by atoms with E-state index in [9.17, 15) is 9.18 Å². The van der Waals surface area contributed by atoms with Gasteiger partial charge in [-0.3, -0.25) is 4.79 Å². The van der Waals surface area contributed by atoms with Crippen molar-refractivity contribution in [3.63, 3.8) is 0 Å². The molecule has 9 nitrogen and oxygen atoms in total. The van der Waals surface area contributed by atoms with E-state index in [1.54, 1.807) is 29.9 Å². The number of carbonyl (C=O) groups is 1. The van der Waals surface area contributed by atoms with Crippen LogP contribution in [0.25, 0.3) is 11.3 Å². The lowest BCUT2D eigenvalue weighted by Crippen LogP contribution is -2.42. The lowest BCUT2D eigenvalue weighted by atomic mass is 10.0. The average Bonchev–Trinajstić information content (AvgIpc) is 3.55. The molecule has 0 radical (unpaired) electrons. The van der Waals surface area contributed by atoms with Crippen LogP contribution in [-0.4, -0.2) is 58.0 Å². The third-order valence-corrected chi connectivity index (χ3v) is 6.36. The van der Waals surface area contributed by atoms with Crippen molar-refractivity contribution >= 4 is 5.97 Å². The summed E-state index contributed by atoms with van der Waals surface area (Å²) < 4.78 is 45.1. The molecule has 37 heavy (non-hydrogen) atoms. The molecule has 10 heteroatoms. The molecule has 2 aromatic carbocycles. The molecule has 0 bridgehead atoms. The maximum Gasteiger partial charge on any atom is 0.308 e. The molecule has 0 amide bonds. The predicted octanol–water partition coefficient (Wildman–Crippen LogP) is 4.04. The van der Waals surface area contributed by atoms with E-state index < -0.39 is 42.4 Å². The van der Waals surface area contributed by atoms with Crippen LogP contribution >= 0.6 is 0 Å². The van der Waals surface area contributed by atoms with Crippen molar-refractivity contribution in [3.05, 3.63) is 72.2 Å². The number of benzene rings is 2. The molecule has 5 rings (SSSR count). The molecule has 3 aromatic rings. The number of nitrogens with zero attached hydrogens (tertiary/aromatic N) is 3. The zero-order valence-corrected chi connectivity index (χ0v) is 21.0. The van der Waals surface area contributed by atoms with Gasteiger partial charge in [0, 0.05) is 5.56 Å². The Morgan fingerprint density at radius 3 is 2.62 bits per heavy atom. The van der Waals surface area contributed by atoms with Gasteiger partial charge >= 0.3 is 5.97 Å². The van der Waals surface area contributed by atoms with E-state index in [4.69, 9.17) is 23.7 Å². The van der Waals surface area contributed by atoms with Crippen molar-refractivity contribution in [1.29, 1.82) is 0 Å². The van der Waals surface area contributed by atoms with Gasteiger partial charge < -0.3 is 23.7 Å². The van der Waals surface area contributed by atoms with E-state index in [0.717, 1.165) is 5.56 Å². The monoisotopic (exact) mass is 511 g/mol. The summed E-state index contributed by atoms with van der Waals surface area (Å²) in [6.45, 7) is 5.96. The van der Waals surface area contributed by atoms with Gasteiger partial charge in [0.1, 0.15) is 29.8 Å². The Bertz CT molecular complexity index is 1200. The number of aromatic nitrogens is 3. The van der Waals surface area contributed by atoms with E-state index in [1.807, 2.05) is 44.2 Å². The summed E-state index contributed by atoms with van der Waals surface area (Å²) in [6, 6.07) is 15.1. The summed E-state index contributed by atoms with van der Waals surface area (Å²) in [5.41, 5.74) is 2.21. The van der Waals surface area contributed by atoms with Crippen LogP contribution in [0, 0.1) is 5.82 Å². The van der Waals surface area contributed by atoms with Crippen LogP contribution in [0.15, 0.2) is 60.8 Å². The van der Waals surface area contributed by atoms with Gasteiger partial charge in [-0.05, 0) is 50.6 Å². The number of hydrogen-bond acceptors (Lipinski definition) is 8. The second-order valence-electron chi connectivity index (χ2n) is 9.50. The quantitative estimate of drug-likeness (QED) is 0.398. The number of esters is 1. The molecule has 1 aromatic heterocycles. The van der Waals surface area contributed by atoms with Gasteiger partial charge in [-0.15, -0.1) is 5.10 Å². The minimum atomic E-state index is -0.839. The molecular weight excluding hydrogens is 481 g/mol. The number of ether oxygens (including phenoxy) is 5. The minimum Gasteiger partial charge on any atom is -0.466 e. The normalized spacial score (nSPS) is 25.1. The summed E-state index contributed by atoms with van der Waals surface area (Å²) in [5.74, 6) is -1.59. The van der Waals surface area contributed by atoms with Crippen molar-refractivity contribution in [1.82, 2.24) is 15.0 Å². The molecule has 2 aliphatic rings. The topological polar surface area (TPSA) is 93.9 Å². The first-order valence-electron chi connectivity index (χ1n) is 12.3. The van der Waals surface area contributed by atoms with Crippen molar-refractivity contribution < 1.29 is 32.9 Å². The Labute approximate surface area is 214 Å². The van der Waals surface area contributed by atoms with Gasteiger partial charge in [0.25, 0.3) is 0 Å². The number of halogens is 1. The average molecular weight is 512 g/mol. The number of hydrogen-bond donors (Lipinski definition) is 0. The highest BCUT2D eigenvalue weighted by Crippen LogP contribution is 2.43. The van der Waals surface area contributed by atoms with Crippen molar-refractivity contribution in [3.8, 4) is 11.3 Å². The molecule has 2 unspecified atom stereocenters. The molecule has 2 saturated heterocycles. The predicted molar refractivity (Wildman–Crippen MR) is 129 cm³/mol. The van der Waals surface area contributed by atoms with E-state index in [2.05, 4.69) is 10.3 Å². The summed E-state index contributed by atoms with van der Waals surface area (Å²) in [4.78, 5) is 12.6. The van der Waals surface area contributed by atoms with Crippen LogP contribution in [0.5, 0.6) is 0 Å². The van der Waals surface area contributed by atoms with Crippen LogP contribution < -0.4 is 0 Å². The molecule has 2 fully saturated rings. The Morgan fingerprint density at radius 2 is 1.89 bits per heavy atom. The van der Waals surface area contributed by atoms with Crippen LogP contribution in [0.2, 0.25) is 0 Å². The molecule has 2 aliphatic heterocycles. The molecule has 0 aliphatic carbocycles. The molecular formula is C27H30FN3O6. The first-order chi connectivity index (χ1) is 17.8. The second kappa shape index (κ2) is 10.7. The molecule has 196 valence electrons. The van der Waals surface area contributed by atoms with Crippen LogP contribution in [0.4, 0.5) is 4.39 Å². The zero-order valence-electron chi connectivity index (χ0n) is 21.0. The SMILES string of the molecule is CCOC(=O)CC(C1O[C@@H]2OC(C)(C)O[C@@H]2[C@H]1OCc1ccccc1)n1cc(-c2ccc(F)cc2)nn1. The number of carbonyl (C=O) groups excluding carboxylic acids is 1. The third kappa shape index (κ3) is 5.72. The van der Waals surface area contributed by atoms with Crippen LogP contribution in [0.3, 0.4) is 0 Å². The third-order valence-electron chi connectivity index (χ3n) is 6.36. The highest BCUT2D eigenvalue weighted by atomic mass is 19.1. The summed E-state index contributed by atoms with van der Waals surface area (Å²) in [7, 11) is 0. The summed E-state index contributed by atoms with van der Waals surface area (Å²) >= 11 is 0. The fourth-order valence-corrected chi connectivity index (χ4v) is 4.71. The number of fused-ring (bicyclic) bond motifs is 1. The molecule has 0 spiro atoms. The maximum absolute atomic E-state index is 13.4. The number of rotatable bonds is 9. The smallest absolute Gasteiger partial charge is 0.308 e. The fourth-order valence-electron chi connectivity index (χ4n) is 4.71. The zero-order chi connectivity index (χ0) is 26.0. The lowest BCUT2D eigenvalue weighted by molar-refractivity contribution is -0.225. The summed E-state index contributed by atoms with van der Waals surface area (Å²) in [5, 5.41) is 8.55. The lowest BCUT2D eigenvalue weighted by Gasteiger charge is -2.30. The van der Waals surface area contributed by atoms with Crippen molar-refractivity contribution in [2.45, 2.75) is 70.2 Å². The Hall–Kier alpha value is -3.18. The maximum atomic E-state index is 13.4. The highest BCUT2D eigenvalue weighted by molar-refractivity contribution is 5.70. The standard InChI is InChI=1S/C27H30FN3O6/c1-4-33-22(32)14-21(31-15-20(29-30-31)18-10-12-19(28)13-11-18)23-24(34-16-17-8-6-5-7-9-17)25-26(35-23)37-27(2,3)36-25/h5-13,15,21,23-26H,4,14,16H2,1-3H3/t21?,23?,24-,25+,26+/m0/s1. The van der Waals surface area contributed by atoms with E-state index >= 15 is 0 Å². The molecule has 0 saturated carbocycles.